The lowest BCUT2D eigenvalue weighted by molar-refractivity contribution is -0.274. The van der Waals surface area contributed by atoms with Gasteiger partial charge in [0.2, 0.25) is 0 Å². The van der Waals surface area contributed by atoms with E-state index in [1.165, 1.54) is 18.2 Å². The van der Waals surface area contributed by atoms with E-state index in [4.69, 9.17) is 11.6 Å². The zero-order valence-corrected chi connectivity index (χ0v) is 11.4. The molecule has 0 heterocycles. The Morgan fingerprint density at radius 1 is 0.818 bits per heavy atom. The van der Waals surface area contributed by atoms with E-state index in [2.05, 4.69) is 4.74 Å². The Morgan fingerprint density at radius 2 is 1.50 bits per heavy atom. The van der Waals surface area contributed by atoms with E-state index in [0.29, 0.717) is 0 Å². The van der Waals surface area contributed by atoms with Crippen molar-refractivity contribution >= 4 is 11.6 Å². The Labute approximate surface area is 126 Å². The first kappa shape index (κ1) is 16.5. The van der Waals surface area contributed by atoms with Crippen molar-refractivity contribution in [1.29, 1.82) is 0 Å². The highest BCUT2D eigenvalue weighted by molar-refractivity contribution is 6.31. The molecule has 0 saturated carbocycles. The van der Waals surface area contributed by atoms with Crippen LogP contribution in [0.25, 0.3) is 11.1 Å². The third-order valence-electron chi connectivity index (χ3n) is 2.63. The summed E-state index contributed by atoms with van der Waals surface area (Å²) in [5, 5.41) is -0.174. The lowest BCUT2D eigenvalue weighted by atomic mass is 10.0. The van der Waals surface area contributed by atoms with Gasteiger partial charge in [0.05, 0.1) is 5.56 Å². The summed E-state index contributed by atoms with van der Waals surface area (Å²) >= 11 is 5.64. The van der Waals surface area contributed by atoms with Gasteiger partial charge in [-0.05, 0) is 41.5 Å². The zero-order valence-electron chi connectivity index (χ0n) is 10.6. The molecule has 0 aliphatic rings. The molecule has 0 spiro atoms. The number of alkyl halides is 6. The molecule has 0 radical (unpaired) electrons. The van der Waals surface area contributed by atoms with Gasteiger partial charge in [0.1, 0.15) is 5.75 Å². The lowest BCUT2D eigenvalue weighted by Crippen LogP contribution is -2.17. The molecule has 118 valence electrons. The Kier molecular flexibility index (Phi) is 4.28. The van der Waals surface area contributed by atoms with Crippen LogP contribution in [0.1, 0.15) is 5.56 Å². The highest BCUT2D eigenvalue weighted by atomic mass is 35.5. The van der Waals surface area contributed by atoms with Crippen molar-refractivity contribution in [3.8, 4) is 16.9 Å². The minimum absolute atomic E-state index is 0.0347. The van der Waals surface area contributed by atoms with E-state index in [1.807, 2.05) is 0 Å². The first-order valence-corrected chi connectivity index (χ1v) is 6.16. The quantitative estimate of drug-likeness (QED) is 0.616. The average molecular weight is 341 g/mol. The number of rotatable bonds is 2. The molecule has 0 aromatic heterocycles. The molecular weight excluding hydrogens is 334 g/mol. The summed E-state index contributed by atoms with van der Waals surface area (Å²) in [5.74, 6) is -0.529. The van der Waals surface area contributed by atoms with Crippen molar-refractivity contribution in [3.05, 3.63) is 53.1 Å². The molecule has 0 unspecified atom stereocenters. The molecular formula is C14H7ClF6O. The van der Waals surface area contributed by atoms with Crippen molar-refractivity contribution in [1.82, 2.24) is 0 Å². The van der Waals surface area contributed by atoms with Crippen LogP contribution >= 0.6 is 11.6 Å². The second-order valence-electron chi connectivity index (χ2n) is 4.30. The van der Waals surface area contributed by atoms with Crippen LogP contribution in [0.5, 0.6) is 5.75 Å². The topological polar surface area (TPSA) is 9.23 Å². The summed E-state index contributed by atoms with van der Waals surface area (Å²) in [6.07, 6.45) is -9.50. The molecule has 0 amide bonds. The van der Waals surface area contributed by atoms with Crippen LogP contribution in [0.15, 0.2) is 42.5 Å². The van der Waals surface area contributed by atoms with Crippen LogP contribution in [0.3, 0.4) is 0 Å². The van der Waals surface area contributed by atoms with Crippen LogP contribution in [0.2, 0.25) is 5.02 Å². The molecule has 0 fully saturated rings. The van der Waals surface area contributed by atoms with E-state index < -0.39 is 23.9 Å². The van der Waals surface area contributed by atoms with Gasteiger partial charge in [-0.25, -0.2) is 0 Å². The number of hydrogen-bond acceptors (Lipinski definition) is 1. The van der Waals surface area contributed by atoms with E-state index in [9.17, 15) is 26.3 Å². The molecule has 1 nitrogen and oxygen atoms in total. The van der Waals surface area contributed by atoms with Gasteiger partial charge < -0.3 is 4.74 Å². The summed E-state index contributed by atoms with van der Waals surface area (Å²) in [7, 11) is 0. The van der Waals surface area contributed by atoms with Crippen molar-refractivity contribution in [3.63, 3.8) is 0 Å². The average Bonchev–Trinajstić information content (AvgIpc) is 2.35. The highest BCUT2D eigenvalue weighted by Crippen LogP contribution is 2.36. The second kappa shape index (κ2) is 5.72. The maximum absolute atomic E-state index is 12.7. The Bertz CT molecular complexity index is 678. The fraction of sp³-hybridized carbons (Fsp3) is 0.143. The van der Waals surface area contributed by atoms with Crippen molar-refractivity contribution in [2.45, 2.75) is 12.5 Å². The summed E-state index contributed by atoms with van der Waals surface area (Å²) < 4.78 is 78.4. The van der Waals surface area contributed by atoms with Gasteiger partial charge >= 0.3 is 12.5 Å². The molecule has 2 rings (SSSR count). The highest BCUT2D eigenvalue weighted by Gasteiger charge is 2.32. The molecule has 0 bridgehead atoms. The van der Waals surface area contributed by atoms with Crippen LogP contribution in [-0.4, -0.2) is 6.36 Å². The minimum atomic E-state index is -4.88. The third-order valence-corrected chi connectivity index (χ3v) is 2.84. The fourth-order valence-corrected chi connectivity index (χ4v) is 2.03. The van der Waals surface area contributed by atoms with Gasteiger partial charge in [0.15, 0.2) is 0 Å². The number of benzene rings is 2. The van der Waals surface area contributed by atoms with Crippen LogP contribution in [0, 0.1) is 0 Å². The standard InChI is InChI=1S/C14H7ClF6O/c15-11-5-9(4-10(7-11)13(16,17)18)8-2-1-3-12(6-8)22-14(19,20)21/h1-7H. The molecule has 0 saturated heterocycles. The normalized spacial score (nSPS) is 12.3. The van der Waals surface area contributed by atoms with Gasteiger partial charge in [-0.1, -0.05) is 23.7 Å². The van der Waals surface area contributed by atoms with Crippen LogP contribution in [-0.2, 0) is 6.18 Å². The molecule has 0 aliphatic heterocycles. The molecule has 8 heteroatoms. The molecule has 0 atom stereocenters. The van der Waals surface area contributed by atoms with Crippen molar-refractivity contribution in [2.24, 2.45) is 0 Å². The summed E-state index contributed by atoms with van der Waals surface area (Å²) in [6.45, 7) is 0. The van der Waals surface area contributed by atoms with Gasteiger partial charge in [-0.2, -0.15) is 13.2 Å². The largest absolute Gasteiger partial charge is 0.573 e. The van der Waals surface area contributed by atoms with E-state index in [0.717, 1.165) is 24.3 Å². The molecule has 0 N–H and O–H groups in total. The monoisotopic (exact) mass is 340 g/mol. The second-order valence-corrected chi connectivity index (χ2v) is 4.74. The third kappa shape index (κ3) is 4.30. The SMILES string of the molecule is FC(F)(F)Oc1cccc(-c2cc(Cl)cc(C(F)(F)F)c2)c1. The summed E-state index contributed by atoms with van der Waals surface area (Å²) in [6, 6.07) is 7.40. The Morgan fingerprint density at radius 3 is 2.09 bits per heavy atom. The van der Waals surface area contributed by atoms with E-state index in [1.54, 1.807) is 0 Å². The van der Waals surface area contributed by atoms with Gasteiger partial charge in [-0.15, -0.1) is 13.2 Å². The molecule has 0 aliphatic carbocycles. The molecule has 2 aromatic rings. The maximum atomic E-state index is 12.7. The van der Waals surface area contributed by atoms with Crippen molar-refractivity contribution in [2.75, 3.05) is 0 Å². The predicted molar refractivity (Wildman–Crippen MR) is 68.6 cm³/mol. The predicted octanol–water partition coefficient (Wildman–Crippen LogP) is 5.92. The fourth-order valence-electron chi connectivity index (χ4n) is 1.79. The van der Waals surface area contributed by atoms with Gasteiger partial charge in [-0.3, -0.25) is 0 Å². The van der Waals surface area contributed by atoms with E-state index in [-0.39, 0.29) is 16.1 Å². The maximum Gasteiger partial charge on any atom is 0.573 e. The number of hydrogen-bond donors (Lipinski definition) is 0. The minimum Gasteiger partial charge on any atom is -0.406 e. The first-order chi connectivity index (χ1) is 10.0. The summed E-state index contributed by atoms with van der Waals surface area (Å²) in [5.41, 5.74) is -0.834. The van der Waals surface area contributed by atoms with Crippen molar-refractivity contribution < 1.29 is 31.1 Å². The zero-order chi connectivity index (χ0) is 16.5. The smallest absolute Gasteiger partial charge is 0.406 e. The van der Waals surface area contributed by atoms with Gasteiger partial charge in [0, 0.05) is 5.02 Å². The molecule has 22 heavy (non-hydrogen) atoms. The number of ether oxygens (including phenoxy) is 1. The van der Waals surface area contributed by atoms with Crippen LogP contribution < -0.4 is 4.74 Å². The first-order valence-electron chi connectivity index (χ1n) is 5.78. The lowest BCUT2D eigenvalue weighted by Gasteiger charge is -2.12. The summed E-state index contributed by atoms with van der Waals surface area (Å²) in [4.78, 5) is 0. The molecule has 2 aromatic carbocycles. The van der Waals surface area contributed by atoms with E-state index >= 15 is 0 Å². The van der Waals surface area contributed by atoms with Gasteiger partial charge in [0.25, 0.3) is 0 Å². The Balaban J connectivity index is 2.44. The Hall–Kier alpha value is -1.89. The van der Waals surface area contributed by atoms with Crippen LogP contribution in [0.4, 0.5) is 26.3 Å². The number of halogens is 7.